The van der Waals surface area contributed by atoms with E-state index in [2.05, 4.69) is 32.6 Å². The average molecular weight is 257 g/mol. The number of unbranched alkanes of at least 4 members (excludes halogenated alkanes) is 1. The minimum absolute atomic E-state index is 0. The first-order valence-corrected chi connectivity index (χ1v) is 4.32. The van der Waals surface area contributed by atoms with Crippen molar-refractivity contribution in [2.24, 2.45) is 0 Å². The van der Waals surface area contributed by atoms with Crippen LogP contribution in [0, 0.1) is 5.41 Å². The van der Waals surface area contributed by atoms with Crippen LogP contribution in [0.5, 0.6) is 0 Å². The molecular formula is C6H11BrClN3O. The van der Waals surface area contributed by atoms with E-state index in [-0.39, 0.29) is 18.0 Å². The van der Waals surface area contributed by atoms with Crippen LogP contribution in [0.15, 0.2) is 9.13 Å². The van der Waals surface area contributed by atoms with Gasteiger partial charge in [-0.15, -0.1) is 12.4 Å². The van der Waals surface area contributed by atoms with Crippen LogP contribution in [-0.4, -0.2) is 0 Å². The van der Waals surface area contributed by atoms with Crippen LogP contribution in [0.4, 0.5) is 0 Å². The molecule has 1 heterocycles. The lowest BCUT2D eigenvalue weighted by Crippen LogP contribution is -2.39. The Kier molecular flexibility index (Phi) is 5.24. The van der Waals surface area contributed by atoms with E-state index in [1.165, 1.54) is 0 Å². The van der Waals surface area contributed by atoms with Crippen molar-refractivity contribution in [2.75, 3.05) is 0 Å². The maximum Gasteiger partial charge on any atom is 0.301 e. The summed E-state index contributed by atoms with van der Waals surface area (Å²) in [4.78, 5) is 0. The summed E-state index contributed by atoms with van der Waals surface area (Å²) in [6.45, 7) is 2.91. The van der Waals surface area contributed by atoms with Crippen molar-refractivity contribution in [3.8, 4) is 0 Å². The van der Waals surface area contributed by atoms with Gasteiger partial charge in [0.2, 0.25) is 0 Å². The van der Waals surface area contributed by atoms with Crippen molar-refractivity contribution in [2.45, 2.75) is 26.3 Å². The Morgan fingerprint density at radius 1 is 1.67 bits per heavy atom. The zero-order valence-corrected chi connectivity index (χ0v) is 9.11. The monoisotopic (exact) mass is 255 g/mol. The fraction of sp³-hybridized carbons (Fsp3) is 0.667. The van der Waals surface area contributed by atoms with Crippen molar-refractivity contribution in [3.63, 3.8) is 0 Å². The summed E-state index contributed by atoms with van der Waals surface area (Å²) in [6.07, 6.45) is 2.16. The molecule has 4 nitrogen and oxygen atoms in total. The van der Waals surface area contributed by atoms with Gasteiger partial charge in [-0.3, -0.25) is 10.7 Å². The second-order valence-electron chi connectivity index (χ2n) is 2.27. The highest BCUT2D eigenvalue weighted by atomic mass is 79.9. The van der Waals surface area contributed by atoms with Gasteiger partial charge in [0.25, 0.3) is 5.55 Å². The van der Waals surface area contributed by atoms with Crippen LogP contribution in [0.25, 0.3) is 0 Å². The highest BCUT2D eigenvalue weighted by Gasteiger charge is 2.05. The maximum absolute atomic E-state index is 7.18. The number of halogens is 2. The molecule has 0 spiro atoms. The van der Waals surface area contributed by atoms with Gasteiger partial charge in [0, 0.05) is 22.4 Å². The third-order valence-corrected chi connectivity index (χ3v) is 2.14. The predicted octanol–water partition coefficient (Wildman–Crippen LogP) is 0.988. The summed E-state index contributed by atoms with van der Waals surface area (Å²) in [5.41, 5.74) is 0.0844. The van der Waals surface area contributed by atoms with Crippen molar-refractivity contribution in [1.29, 1.82) is 5.41 Å². The summed E-state index contributed by atoms with van der Waals surface area (Å²) in [7, 11) is 0. The van der Waals surface area contributed by atoms with Gasteiger partial charge in [0.1, 0.15) is 6.54 Å². The quantitative estimate of drug-likeness (QED) is 0.820. The Balaban J connectivity index is 0.00000121. The lowest BCUT2D eigenvalue weighted by molar-refractivity contribution is -0.777. The minimum Gasteiger partial charge on any atom is -0.486 e. The van der Waals surface area contributed by atoms with Gasteiger partial charge in [-0.2, -0.15) is 0 Å². The van der Waals surface area contributed by atoms with Crippen LogP contribution in [0.3, 0.4) is 0 Å². The Morgan fingerprint density at radius 2 is 2.33 bits per heavy atom. The summed E-state index contributed by atoms with van der Waals surface area (Å²) in [6, 6.07) is 0. The van der Waals surface area contributed by atoms with E-state index in [1.54, 1.807) is 4.68 Å². The highest BCUT2D eigenvalue weighted by Crippen LogP contribution is 1.93. The number of aromatic nitrogens is 2. The summed E-state index contributed by atoms with van der Waals surface area (Å²) in [5, 5.41) is 10.8. The Morgan fingerprint density at radius 3 is 2.75 bits per heavy atom. The van der Waals surface area contributed by atoms with Crippen LogP contribution in [0.1, 0.15) is 19.8 Å². The summed E-state index contributed by atoms with van der Waals surface area (Å²) >= 11 is 3.20. The van der Waals surface area contributed by atoms with Gasteiger partial charge in [-0.1, -0.05) is 13.3 Å². The first kappa shape index (κ1) is 11.7. The van der Waals surface area contributed by atoms with E-state index in [0.29, 0.717) is 4.60 Å². The molecule has 0 aromatic carbocycles. The van der Waals surface area contributed by atoms with E-state index in [4.69, 9.17) is 5.41 Å². The van der Waals surface area contributed by atoms with Crippen molar-refractivity contribution in [3.05, 3.63) is 10.2 Å². The molecule has 0 fully saturated rings. The molecule has 0 aliphatic heterocycles. The summed E-state index contributed by atoms with van der Waals surface area (Å²) < 4.78 is 6.89. The summed E-state index contributed by atoms with van der Waals surface area (Å²) in [5.74, 6) is 0. The Hall–Kier alpha value is -0.290. The van der Waals surface area contributed by atoms with Crippen LogP contribution >= 0.6 is 28.3 Å². The van der Waals surface area contributed by atoms with Crippen molar-refractivity contribution in [1.82, 2.24) is 5.27 Å². The number of nitrogens with one attached hydrogen (secondary N) is 1. The molecule has 0 aliphatic carbocycles. The number of aryl methyl sites for hydroxylation is 1. The number of hydrogen-bond acceptors (Lipinski definition) is 2. The van der Waals surface area contributed by atoms with Gasteiger partial charge >= 0.3 is 4.60 Å². The molecule has 0 saturated carbocycles. The third kappa shape index (κ3) is 2.64. The molecule has 0 radical (unpaired) electrons. The van der Waals surface area contributed by atoms with Crippen LogP contribution < -0.4 is 15.5 Å². The van der Waals surface area contributed by atoms with E-state index in [9.17, 15) is 0 Å². The predicted molar refractivity (Wildman–Crippen MR) is 47.9 cm³/mol. The topological polar surface area (TPSA) is 55.0 Å². The molecular weight excluding hydrogens is 245 g/mol. The number of rotatable bonds is 3. The average Bonchev–Trinajstić information content (AvgIpc) is 2.31. The lowest BCUT2D eigenvalue weighted by atomic mass is 10.3. The van der Waals surface area contributed by atoms with E-state index >= 15 is 0 Å². The fourth-order valence-corrected chi connectivity index (χ4v) is 1.04. The first-order chi connectivity index (χ1) is 5.25. The molecule has 1 N–H and O–H groups in total. The second-order valence-corrected chi connectivity index (χ2v) is 3.02. The first-order valence-electron chi connectivity index (χ1n) is 3.52. The maximum atomic E-state index is 7.18. The third-order valence-electron chi connectivity index (χ3n) is 1.37. The Labute approximate surface area is 85.0 Å². The van der Waals surface area contributed by atoms with E-state index < -0.39 is 0 Å². The Bertz CT molecular complexity index is 283. The normalized spacial score (nSPS) is 9.50. The smallest absolute Gasteiger partial charge is 0.301 e. The minimum atomic E-state index is 0. The second kappa shape index (κ2) is 5.37. The van der Waals surface area contributed by atoms with Gasteiger partial charge < -0.3 is 4.52 Å². The van der Waals surface area contributed by atoms with Crippen LogP contribution in [0.2, 0.25) is 0 Å². The number of hydrogen-bond donors (Lipinski definition) is 1. The van der Waals surface area contributed by atoms with Crippen molar-refractivity contribution >= 4 is 28.3 Å². The highest BCUT2D eigenvalue weighted by molar-refractivity contribution is 9.10. The molecule has 0 atom stereocenters. The largest absolute Gasteiger partial charge is 0.486 e. The zero-order valence-electron chi connectivity index (χ0n) is 6.71. The van der Waals surface area contributed by atoms with Gasteiger partial charge in [0.15, 0.2) is 0 Å². The SMILES string of the molecule is CCCC[n+]1[n-]oc(=N)c1Br.Cl. The molecule has 6 heteroatoms. The fourth-order valence-electron chi connectivity index (χ4n) is 0.728. The van der Waals surface area contributed by atoms with E-state index in [0.717, 1.165) is 19.4 Å². The van der Waals surface area contributed by atoms with Gasteiger partial charge in [0.05, 0.1) is 0 Å². The van der Waals surface area contributed by atoms with Crippen molar-refractivity contribution < 1.29 is 9.20 Å². The molecule has 1 rings (SSSR count). The van der Waals surface area contributed by atoms with Crippen LogP contribution in [-0.2, 0) is 6.54 Å². The molecule has 0 saturated heterocycles. The van der Waals surface area contributed by atoms with Gasteiger partial charge in [-0.05, 0) is 0 Å². The molecule has 1 aromatic rings. The zero-order chi connectivity index (χ0) is 8.27. The standard InChI is InChI=1S/C6H10BrN3O.ClH/c1-2-3-4-10-5(7)6(8)11-9-10;/h8H,2-4H2,1H3;1H. The lowest BCUT2D eigenvalue weighted by Gasteiger charge is -1.95. The number of nitrogens with zero attached hydrogens (tertiary/aromatic N) is 2. The van der Waals surface area contributed by atoms with Gasteiger partial charge in [-0.25, -0.2) is 4.68 Å². The van der Waals surface area contributed by atoms with E-state index in [1.807, 2.05) is 0 Å². The molecule has 0 aliphatic rings. The molecule has 12 heavy (non-hydrogen) atoms. The molecule has 0 unspecified atom stereocenters. The molecule has 0 amide bonds. The molecule has 0 bridgehead atoms. The molecule has 70 valence electrons. The molecule has 1 aromatic heterocycles.